The number of piperazine rings is 1. The standard InChI is InChI=1S/C26H31N3O4/c1-5-14(2)22-24(30)28-21(19-12-17-8-6-7-9-18(17)13-19)25(31)29(22)23(26(32)33)20-11-10-15(3)27-16(20)4/h6-11,14,19,21-23H,5,12-13H2,1-4H3,(H,28,30)(H,32,33). The summed E-state index contributed by atoms with van der Waals surface area (Å²) in [6.45, 7) is 7.40. The van der Waals surface area contributed by atoms with Crippen LogP contribution < -0.4 is 5.32 Å². The Hall–Kier alpha value is -3.22. The second-order valence-corrected chi connectivity index (χ2v) is 9.37. The van der Waals surface area contributed by atoms with Gasteiger partial charge in [-0.05, 0) is 55.7 Å². The molecule has 4 unspecified atom stereocenters. The first kappa shape index (κ1) is 23.0. The van der Waals surface area contributed by atoms with Crippen LogP contribution in [0.3, 0.4) is 0 Å². The van der Waals surface area contributed by atoms with E-state index in [9.17, 15) is 19.5 Å². The summed E-state index contributed by atoms with van der Waals surface area (Å²) < 4.78 is 0. The van der Waals surface area contributed by atoms with Crippen LogP contribution in [-0.2, 0) is 27.2 Å². The van der Waals surface area contributed by atoms with Crippen LogP contribution in [0.15, 0.2) is 36.4 Å². The molecule has 2 N–H and O–H groups in total. The first-order chi connectivity index (χ1) is 15.7. The van der Waals surface area contributed by atoms with Crippen LogP contribution in [0.2, 0.25) is 0 Å². The van der Waals surface area contributed by atoms with E-state index in [1.807, 2.05) is 45.0 Å². The van der Waals surface area contributed by atoms with Crippen LogP contribution in [-0.4, -0.2) is 44.9 Å². The van der Waals surface area contributed by atoms with Gasteiger partial charge in [-0.25, -0.2) is 4.79 Å². The predicted molar refractivity (Wildman–Crippen MR) is 123 cm³/mol. The van der Waals surface area contributed by atoms with E-state index in [-0.39, 0.29) is 23.7 Å². The van der Waals surface area contributed by atoms with E-state index >= 15 is 0 Å². The molecule has 2 aromatic rings. The lowest BCUT2D eigenvalue weighted by Gasteiger charge is -2.45. The molecule has 1 saturated heterocycles. The zero-order chi connectivity index (χ0) is 23.9. The molecule has 4 atom stereocenters. The lowest BCUT2D eigenvalue weighted by molar-refractivity contribution is -0.164. The summed E-state index contributed by atoms with van der Waals surface area (Å²) in [6, 6.07) is 8.61. The highest BCUT2D eigenvalue weighted by molar-refractivity contribution is 5.99. The van der Waals surface area contributed by atoms with E-state index in [0.29, 0.717) is 30.5 Å². The van der Waals surface area contributed by atoms with Crippen LogP contribution in [0.5, 0.6) is 0 Å². The van der Waals surface area contributed by atoms with Crippen LogP contribution >= 0.6 is 0 Å². The number of pyridine rings is 1. The van der Waals surface area contributed by atoms with Gasteiger partial charge in [0.15, 0.2) is 6.04 Å². The zero-order valence-electron chi connectivity index (χ0n) is 19.5. The topological polar surface area (TPSA) is 99.6 Å². The lowest BCUT2D eigenvalue weighted by atomic mass is 9.86. The van der Waals surface area contributed by atoms with Crippen LogP contribution in [0.4, 0.5) is 0 Å². The average Bonchev–Trinajstić information content (AvgIpc) is 3.20. The number of carboxylic acid groups (broad SMARTS) is 1. The number of aromatic nitrogens is 1. The number of amides is 2. The Morgan fingerprint density at radius 1 is 1.15 bits per heavy atom. The molecule has 0 saturated carbocycles. The number of benzene rings is 1. The smallest absolute Gasteiger partial charge is 0.331 e. The van der Waals surface area contributed by atoms with E-state index in [4.69, 9.17) is 0 Å². The van der Waals surface area contributed by atoms with Crippen LogP contribution in [0, 0.1) is 25.7 Å². The highest BCUT2D eigenvalue weighted by Gasteiger charge is 2.51. The number of fused-ring (bicyclic) bond motifs is 1. The van der Waals surface area contributed by atoms with Gasteiger partial charge in [0, 0.05) is 17.0 Å². The number of nitrogens with zero attached hydrogens (tertiary/aromatic N) is 2. The lowest BCUT2D eigenvalue weighted by Crippen LogP contribution is -2.68. The zero-order valence-corrected chi connectivity index (χ0v) is 19.5. The predicted octanol–water partition coefficient (Wildman–Crippen LogP) is 2.98. The van der Waals surface area contributed by atoms with Gasteiger partial charge < -0.3 is 15.3 Å². The summed E-state index contributed by atoms with van der Waals surface area (Å²) in [5.74, 6) is -2.07. The Kier molecular flexibility index (Phi) is 6.23. The van der Waals surface area contributed by atoms with Gasteiger partial charge in [-0.2, -0.15) is 0 Å². The highest BCUT2D eigenvalue weighted by Crippen LogP contribution is 2.36. The molecule has 1 aromatic heterocycles. The number of hydrogen-bond donors (Lipinski definition) is 2. The number of aliphatic carboxylic acids is 1. The largest absolute Gasteiger partial charge is 0.479 e. The quantitative estimate of drug-likeness (QED) is 0.706. The van der Waals surface area contributed by atoms with Crippen LogP contribution in [0.25, 0.3) is 0 Å². The summed E-state index contributed by atoms with van der Waals surface area (Å²) >= 11 is 0. The minimum atomic E-state index is -1.28. The van der Waals surface area contributed by atoms with Gasteiger partial charge in [-0.3, -0.25) is 14.6 Å². The van der Waals surface area contributed by atoms with Crippen molar-refractivity contribution in [3.63, 3.8) is 0 Å². The fourth-order valence-corrected chi connectivity index (χ4v) is 5.30. The Labute approximate surface area is 194 Å². The van der Waals surface area contributed by atoms with Crippen molar-refractivity contribution in [3.05, 3.63) is 64.5 Å². The summed E-state index contributed by atoms with van der Waals surface area (Å²) in [5.41, 5.74) is 4.11. The summed E-state index contributed by atoms with van der Waals surface area (Å²) in [6.07, 6.45) is 1.99. The molecular weight excluding hydrogens is 418 g/mol. The number of aryl methyl sites for hydroxylation is 2. The molecule has 7 heteroatoms. The number of carbonyl (C=O) groups excluding carboxylic acids is 2. The number of carbonyl (C=O) groups is 3. The first-order valence-corrected chi connectivity index (χ1v) is 11.6. The molecule has 2 heterocycles. The highest BCUT2D eigenvalue weighted by atomic mass is 16.4. The fraction of sp³-hybridized carbons (Fsp3) is 0.462. The Morgan fingerprint density at radius 3 is 2.33 bits per heavy atom. The molecule has 0 radical (unpaired) electrons. The third kappa shape index (κ3) is 4.12. The number of hydrogen-bond acceptors (Lipinski definition) is 4. The molecule has 0 bridgehead atoms. The number of nitrogens with one attached hydrogen (secondary N) is 1. The van der Waals surface area contributed by atoms with Gasteiger partial charge in [0.25, 0.3) is 0 Å². The molecule has 4 rings (SSSR count). The van der Waals surface area contributed by atoms with Gasteiger partial charge in [0.1, 0.15) is 12.1 Å². The normalized spacial score (nSPS) is 22.6. The van der Waals surface area contributed by atoms with Gasteiger partial charge in [-0.1, -0.05) is 50.6 Å². The maximum absolute atomic E-state index is 14.0. The molecule has 7 nitrogen and oxygen atoms in total. The summed E-state index contributed by atoms with van der Waals surface area (Å²) in [4.78, 5) is 45.7. The molecule has 2 aliphatic rings. The van der Waals surface area contributed by atoms with Crippen molar-refractivity contribution in [2.24, 2.45) is 11.8 Å². The van der Waals surface area contributed by atoms with Crippen LogP contribution in [0.1, 0.15) is 54.4 Å². The summed E-state index contributed by atoms with van der Waals surface area (Å²) in [5, 5.41) is 13.3. The second-order valence-electron chi connectivity index (χ2n) is 9.37. The molecule has 1 aliphatic heterocycles. The maximum Gasteiger partial charge on any atom is 0.331 e. The Bertz CT molecular complexity index is 1070. The number of carboxylic acids is 1. The maximum atomic E-state index is 14.0. The molecule has 1 aliphatic carbocycles. The molecule has 1 aromatic carbocycles. The molecular formula is C26H31N3O4. The van der Waals surface area contributed by atoms with E-state index in [2.05, 4.69) is 10.3 Å². The van der Waals surface area contributed by atoms with E-state index in [1.165, 1.54) is 16.0 Å². The van der Waals surface area contributed by atoms with Crippen molar-refractivity contribution in [1.29, 1.82) is 0 Å². The van der Waals surface area contributed by atoms with Gasteiger partial charge in [-0.15, -0.1) is 0 Å². The number of rotatable bonds is 6. The third-order valence-corrected chi connectivity index (χ3v) is 7.20. The minimum Gasteiger partial charge on any atom is -0.479 e. The van der Waals surface area contributed by atoms with E-state index in [1.54, 1.807) is 19.1 Å². The van der Waals surface area contributed by atoms with Crippen molar-refractivity contribution in [2.75, 3.05) is 0 Å². The van der Waals surface area contributed by atoms with Gasteiger partial charge in [0.05, 0.1) is 0 Å². The van der Waals surface area contributed by atoms with Gasteiger partial charge in [0.2, 0.25) is 11.8 Å². The van der Waals surface area contributed by atoms with Crippen molar-refractivity contribution in [2.45, 2.75) is 65.1 Å². The Morgan fingerprint density at radius 2 is 1.79 bits per heavy atom. The monoisotopic (exact) mass is 449 g/mol. The summed E-state index contributed by atoms with van der Waals surface area (Å²) in [7, 11) is 0. The van der Waals surface area contributed by atoms with Gasteiger partial charge >= 0.3 is 5.97 Å². The SMILES string of the molecule is CCC(C)C1C(=O)NC(C2Cc3ccccc3C2)C(=O)N1C(C(=O)O)c1ccc(C)nc1C. The molecule has 2 amide bonds. The molecule has 0 spiro atoms. The minimum absolute atomic E-state index is 0.106. The van der Waals surface area contributed by atoms with Crippen molar-refractivity contribution < 1.29 is 19.5 Å². The van der Waals surface area contributed by atoms with E-state index in [0.717, 1.165) is 5.69 Å². The first-order valence-electron chi connectivity index (χ1n) is 11.6. The van der Waals surface area contributed by atoms with Crippen molar-refractivity contribution >= 4 is 17.8 Å². The average molecular weight is 450 g/mol. The molecule has 174 valence electrons. The van der Waals surface area contributed by atoms with Crippen molar-refractivity contribution in [1.82, 2.24) is 15.2 Å². The second kappa shape index (κ2) is 8.96. The molecule has 33 heavy (non-hydrogen) atoms. The fourth-order valence-electron chi connectivity index (χ4n) is 5.30. The third-order valence-electron chi connectivity index (χ3n) is 7.20. The molecule has 1 fully saturated rings. The van der Waals surface area contributed by atoms with Crippen molar-refractivity contribution in [3.8, 4) is 0 Å². The Balaban J connectivity index is 1.76. The van der Waals surface area contributed by atoms with E-state index < -0.39 is 24.1 Å².